The van der Waals surface area contributed by atoms with Crippen molar-refractivity contribution in [3.05, 3.63) is 118 Å². The number of ether oxygens (including phenoxy) is 1. The summed E-state index contributed by atoms with van der Waals surface area (Å²) in [5, 5.41) is 21.6. The molecule has 0 unspecified atom stereocenters. The van der Waals surface area contributed by atoms with Gasteiger partial charge in [0.25, 0.3) is 5.91 Å². The van der Waals surface area contributed by atoms with Crippen molar-refractivity contribution < 1.29 is 14.3 Å². The second-order valence-corrected chi connectivity index (χ2v) is 17.7. The first-order valence-corrected chi connectivity index (χ1v) is 18.8. The molecule has 4 aromatic carbocycles. The number of aryl methyl sites for hydroxylation is 1. The molecule has 1 amide bonds. The van der Waals surface area contributed by atoms with Crippen molar-refractivity contribution in [2.24, 2.45) is 0 Å². The molecule has 1 N–H and O–H groups in total. The van der Waals surface area contributed by atoms with Gasteiger partial charge < -0.3 is 19.9 Å². The Morgan fingerprint density at radius 2 is 1.35 bits per heavy atom. The van der Waals surface area contributed by atoms with Crippen molar-refractivity contribution in [2.75, 3.05) is 38.0 Å². The number of fused-ring (bicyclic) bond motifs is 6. The summed E-state index contributed by atoms with van der Waals surface area (Å²) in [6.07, 6.45) is 0. The van der Waals surface area contributed by atoms with Gasteiger partial charge >= 0.3 is 5.97 Å². The monoisotopic (exact) mass is 655 g/mol. The van der Waals surface area contributed by atoms with E-state index in [4.69, 9.17) is 4.74 Å². The molecule has 7 rings (SSSR count). The fourth-order valence-electron chi connectivity index (χ4n) is 6.81. The largest absolute Gasteiger partial charge is 0.441 e. The van der Waals surface area contributed by atoms with Crippen molar-refractivity contribution in [1.82, 2.24) is 25.7 Å². The number of amides is 1. The molecule has 2 aliphatic heterocycles. The van der Waals surface area contributed by atoms with Crippen LogP contribution < -0.4 is 25.5 Å². The van der Waals surface area contributed by atoms with E-state index in [1.165, 1.54) is 10.4 Å². The molecule has 0 bridgehead atoms. The van der Waals surface area contributed by atoms with Gasteiger partial charge in [-0.3, -0.25) is 4.79 Å². The number of hydrogen-bond donors (Lipinski definition) is 1. The SMILES string of the molecule is Cc1nnc(-c2ccc(CNC(=O)c3ccc4c(c3)C3(OC4=O)c4ccc(N(C)C)cc4[Si](C)(C)c4cc(N(C)C)ccc43)cc2)nn1. The Kier molecular flexibility index (Phi) is 7.39. The summed E-state index contributed by atoms with van der Waals surface area (Å²) in [7, 11) is 5.85. The van der Waals surface area contributed by atoms with Gasteiger partial charge in [0.2, 0.25) is 5.82 Å². The predicted molar refractivity (Wildman–Crippen MR) is 189 cm³/mol. The minimum absolute atomic E-state index is 0.247. The molecule has 48 heavy (non-hydrogen) atoms. The summed E-state index contributed by atoms with van der Waals surface area (Å²) in [5.74, 6) is 0.300. The maximum Gasteiger partial charge on any atom is 0.340 e. The van der Waals surface area contributed by atoms with E-state index < -0.39 is 19.6 Å². The molecule has 10 nitrogen and oxygen atoms in total. The number of esters is 1. The molecule has 0 saturated carbocycles. The lowest BCUT2D eigenvalue weighted by Crippen LogP contribution is -2.63. The van der Waals surface area contributed by atoms with Gasteiger partial charge in [-0.2, -0.15) is 0 Å². The molecule has 0 aliphatic carbocycles. The van der Waals surface area contributed by atoms with Crippen molar-refractivity contribution in [1.29, 1.82) is 0 Å². The van der Waals surface area contributed by atoms with Crippen LogP contribution in [0.3, 0.4) is 0 Å². The van der Waals surface area contributed by atoms with Crippen LogP contribution in [0.1, 0.15) is 48.8 Å². The Labute approximate surface area is 280 Å². The van der Waals surface area contributed by atoms with Crippen LogP contribution in [0.25, 0.3) is 11.4 Å². The maximum absolute atomic E-state index is 13.7. The number of anilines is 2. The smallest absolute Gasteiger partial charge is 0.340 e. The molecule has 0 fully saturated rings. The van der Waals surface area contributed by atoms with Gasteiger partial charge in [0, 0.05) is 73.9 Å². The molecule has 5 aromatic rings. The molecule has 0 saturated heterocycles. The van der Waals surface area contributed by atoms with E-state index in [1.807, 2.05) is 58.5 Å². The highest BCUT2D eigenvalue weighted by molar-refractivity contribution is 7.01. The van der Waals surface area contributed by atoms with Gasteiger partial charge in [0.05, 0.1) is 5.56 Å². The van der Waals surface area contributed by atoms with Crippen LogP contribution in [0.2, 0.25) is 13.1 Å². The van der Waals surface area contributed by atoms with Crippen molar-refractivity contribution in [3.63, 3.8) is 0 Å². The zero-order valence-corrected chi connectivity index (χ0v) is 29.1. The Morgan fingerprint density at radius 1 is 0.771 bits per heavy atom. The van der Waals surface area contributed by atoms with Crippen LogP contribution in [0.5, 0.6) is 0 Å². The number of benzene rings is 4. The van der Waals surface area contributed by atoms with Crippen molar-refractivity contribution in [3.8, 4) is 11.4 Å². The third-order valence-electron chi connectivity index (χ3n) is 9.52. The summed E-state index contributed by atoms with van der Waals surface area (Å²) in [6.45, 7) is 6.75. The minimum atomic E-state index is -2.28. The summed E-state index contributed by atoms with van der Waals surface area (Å²) in [5.41, 5.74) is 6.22. The first-order chi connectivity index (χ1) is 22.9. The number of carbonyl (C=O) groups excluding carboxylic acids is 2. The number of nitrogens with zero attached hydrogens (tertiary/aromatic N) is 6. The zero-order chi connectivity index (χ0) is 34.0. The van der Waals surface area contributed by atoms with Crippen LogP contribution in [0, 0.1) is 6.92 Å². The minimum Gasteiger partial charge on any atom is -0.441 e. The standard InChI is InChI=1S/C37H37N7O3Si/c1-22-39-41-34(42-40-22)24-10-8-23(9-11-24)21-38-35(45)25-12-15-28-31(18-25)37(47-36(28)46)29-16-13-26(43(2)3)19-32(29)48(6,7)33-20-27(44(4)5)14-17-30(33)37/h8-20H,21H2,1-7H3,(H,38,45). The van der Waals surface area contributed by atoms with Crippen LogP contribution in [0.15, 0.2) is 78.9 Å². The number of rotatable bonds is 6. The van der Waals surface area contributed by atoms with Gasteiger partial charge in [0.15, 0.2) is 11.4 Å². The molecule has 11 heteroatoms. The Balaban J connectivity index is 1.27. The third-order valence-corrected chi connectivity index (χ3v) is 13.0. The Hall–Kier alpha value is -5.42. The summed E-state index contributed by atoms with van der Waals surface area (Å²) < 4.78 is 6.53. The van der Waals surface area contributed by atoms with E-state index in [-0.39, 0.29) is 5.91 Å². The topological polar surface area (TPSA) is 113 Å². The first kappa shape index (κ1) is 31.2. The number of nitrogens with one attached hydrogen (secondary N) is 1. The second kappa shape index (κ2) is 11.4. The molecule has 242 valence electrons. The quantitative estimate of drug-likeness (QED) is 0.215. The number of aromatic nitrogens is 4. The van der Waals surface area contributed by atoms with Gasteiger partial charge in [-0.1, -0.05) is 49.5 Å². The van der Waals surface area contributed by atoms with Crippen LogP contribution in [0.4, 0.5) is 11.4 Å². The van der Waals surface area contributed by atoms with Gasteiger partial charge in [-0.05, 0) is 65.3 Å². The van der Waals surface area contributed by atoms with E-state index >= 15 is 0 Å². The molecular weight excluding hydrogens is 619 g/mol. The Bertz CT molecular complexity index is 2030. The van der Waals surface area contributed by atoms with Gasteiger partial charge in [-0.15, -0.1) is 20.4 Å². The van der Waals surface area contributed by atoms with Crippen LogP contribution >= 0.6 is 0 Å². The third kappa shape index (κ3) is 4.93. The molecule has 1 aromatic heterocycles. The Morgan fingerprint density at radius 3 is 1.92 bits per heavy atom. The summed E-state index contributed by atoms with van der Waals surface area (Å²) >= 11 is 0. The van der Waals surface area contributed by atoms with Crippen molar-refractivity contribution in [2.45, 2.75) is 32.2 Å². The fraction of sp³-hybridized carbons (Fsp3) is 0.243. The van der Waals surface area contributed by atoms with E-state index in [1.54, 1.807) is 19.1 Å². The zero-order valence-electron chi connectivity index (χ0n) is 28.1. The molecule has 1 spiro atoms. The lowest BCUT2D eigenvalue weighted by Gasteiger charge is -2.44. The highest BCUT2D eigenvalue weighted by Crippen LogP contribution is 2.49. The fourth-order valence-corrected chi connectivity index (χ4v) is 9.99. The van der Waals surface area contributed by atoms with Crippen LogP contribution in [-0.4, -0.2) is 68.5 Å². The lowest BCUT2D eigenvalue weighted by atomic mass is 9.78. The van der Waals surface area contributed by atoms with Crippen LogP contribution in [-0.2, 0) is 16.9 Å². The molecular formula is C37H37N7O3Si. The molecule has 0 radical (unpaired) electrons. The lowest BCUT2D eigenvalue weighted by molar-refractivity contribution is 0.0255. The first-order valence-electron chi connectivity index (χ1n) is 15.8. The van der Waals surface area contributed by atoms with E-state index in [2.05, 4.69) is 85.0 Å². The molecule has 2 aliphatic rings. The number of hydrogen-bond acceptors (Lipinski definition) is 9. The highest BCUT2D eigenvalue weighted by Gasteiger charge is 2.56. The average Bonchev–Trinajstić information content (AvgIpc) is 3.38. The second-order valence-electron chi connectivity index (χ2n) is 13.4. The van der Waals surface area contributed by atoms with Gasteiger partial charge in [0.1, 0.15) is 8.07 Å². The number of carbonyl (C=O) groups is 2. The molecule has 3 heterocycles. The summed E-state index contributed by atoms with van der Waals surface area (Å²) in [4.78, 5) is 31.5. The maximum atomic E-state index is 13.7. The average molecular weight is 656 g/mol. The van der Waals surface area contributed by atoms with E-state index in [0.29, 0.717) is 34.9 Å². The normalized spacial score (nSPS) is 14.9. The molecule has 0 atom stereocenters. The van der Waals surface area contributed by atoms with Gasteiger partial charge in [-0.25, -0.2) is 4.79 Å². The van der Waals surface area contributed by atoms with E-state index in [9.17, 15) is 9.59 Å². The highest BCUT2D eigenvalue weighted by atomic mass is 28.3. The summed E-state index contributed by atoms with van der Waals surface area (Å²) in [6, 6.07) is 25.7. The van der Waals surface area contributed by atoms with E-state index in [0.717, 1.165) is 33.6 Å². The van der Waals surface area contributed by atoms with Crippen molar-refractivity contribution >= 4 is 41.7 Å². The predicted octanol–water partition coefficient (Wildman–Crippen LogP) is 3.90.